The maximum atomic E-state index is 11.6. The molecule has 1 aliphatic rings. The molecule has 0 aromatic rings. The van der Waals surface area contributed by atoms with Gasteiger partial charge in [-0.05, 0) is 13.8 Å². The third kappa shape index (κ3) is 6.86. The standard InChI is InChI=1S/C14H27N3O3/c1-12(2)15-14(19)4-5-17(13(3)18)7-6-16-8-10-20-11-9-16/h12H,4-11H2,1-3H3,(H,15,19). The van der Waals surface area contributed by atoms with Gasteiger partial charge in [0.15, 0.2) is 0 Å². The summed E-state index contributed by atoms with van der Waals surface area (Å²) in [6, 6.07) is 0.140. The molecule has 0 atom stereocenters. The molecule has 1 saturated heterocycles. The van der Waals surface area contributed by atoms with Gasteiger partial charge in [0.25, 0.3) is 0 Å². The molecule has 1 aliphatic heterocycles. The Morgan fingerprint density at radius 1 is 1.25 bits per heavy atom. The Morgan fingerprint density at radius 2 is 1.90 bits per heavy atom. The number of nitrogens with zero attached hydrogens (tertiary/aromatic N) is 2. The fraction of sp³-hybridized carbons (Fsp3) is 0.857. The molecule has 0 aliphatic carbocycles. The molecule has 2 amide bonds. The summed E-state index contributed by atoms with van der Waals surface area (Å²) in [7, 11) is 0. The summed E-state index contributed by atoms with van der Waals surface area (Å²) in [5, 5.41) is 2.84. The molecule has 0 radical (unpaired) electrons. The lowest BCUT2D eigenvalue weighted by atomic mass is 10.3. The lowest BCUT2D eigenvalue weighted by Gasteiger charge is -2.29. The average molecular weight is 285 g/mol. The fourth-order valence-electron chi connectivity index (χ4n) is 2.14. The highest BCUT2D eigenvalue weighted by Crippen LogP contribution is 1.99. The zero-order valence-corrected chi connectivity index (χ0v) is 12.9. The van der Waals surface area contributed by atoms with E-state index in [1.807, 2.05) is 13.8 Å². The summed E-state index contributed by atoms with van der Waals surface area (Å²) in [6.07, 6.45) is 0.362. The Morgan fingerprint density at radius 3 is 2.45 bits per heavy atom. The van der Waals surface area contributed by atoms with Crippen molar-refractivity contribution in [2.45, 2.75) is 33.2 Å². The van der Waals surface area contributed by atoms with Crippen LogP contribution in [0.5, 0.6) is 0 Å². The predicted octanol–water partition coefficient (Wildman–Crippen LogP) is 0.0818. The lowest BCUT2D eigenvalue weighted by molar-refractivity contribution is -0.130. The molecule has 116 valence electrons. The van der Waals surface area contributed by atoms with Gasteiger partial charge in [0.2, 0.25) is 11.8 Å². The van der Waals surface area contributed by atoms with E-state index in [0.29, 0.717) is 19.5 Å². The predicted molar refractivity (Wildman–Crippen MR) is 77.4 cm³/mol. The first-order valence-corrected chi connectivity index (χ1v) is 7.34. The number of morpholine rings is 1. The zero-order valence-electron chi connectivity index (χ0n) is 12.9. The Hall–Kier alpha value is -1.14. The Balaban J connectivity index is 2.28. The van der Waals surface area contributed by atoms with E-state index in [4.69, 9.17) is 4.74 Å². The molecule has 20 heavy (non-hydrogen) atoms. The minimum absolute atomic E-state index is 0.00220. The summed E-state index contributed by atoms with van der Waals surface area (Å²) >= 11 is 0. The van der Waals surface area contributed by atoms with Gasteiger partial charge in [-0.15, -0.1) is 0 Å². The van der Waals surface area contributed by atoms with Crippen LogP contribution in [0.4, 0.5) is 0 Å². The van der Waals surface area contributed by atoms with Crippen LogP contribution >= 0.6 is 0 Å². The van der Waals surface area contributed by atoms with Crippen molar-refractivity contribution in [1.29, 1.82) is 0 Å². The quantitative estimate of drug-likeness (QED) is 0.720. The molecule has 1 rings (SSSR count). The van der Waals surface area contributed by atoms with E-state index in [1.165, 1.54) is 0 Å². The largest absolute Gasteiger partial charge is 0.379 e. The van der Waals surface area contributed by atoms with Gasteiger partial charge < -0.3 is 15.0 Å². The van der Waals surface area contributed by atoms with Crippen LogP contribution in [-0.4, -0.2) is 73.6 Å². The van der Waals surface area contributed by atoms with Crippen LogP contribution in [0.2, 0.25) is 0 Å². The van der Waals surface area contributed by atoms with Crippen LogP contribution in [-0.2, 0) is 14.3 Å². The van der Waals surface area contributed by atoms with Gasteiger partial charge in [-0.25, -0.2) is 0 Å². The van der Waals surface area contributed by atoms with E-state index in [9.17, 15) is 9.59 Å². The number of hydrogen-bond donors (Lipinski definition) is 1. The van der Waals surface area contributed by atoms with Gasteiger partial charge >= 0.3 is 0 Å². The first-order chi connectivity index (χ1) is 9.49. The molecule has 0 spiro atoms. The third-order valence-electron chi connectivity index (χ3n) is 3.29. The number of rotatable bonds is 7. The Kier molecular flexibility index (Phi) is 7.54. The van der Waals surface area contributed by atoms with E-state index in [-0.39, 0.29) is 17.9 Å². The molecule has 6 heteroatoms. The van der Waals surface area contributed by atoms with Crippen LogP contribution in [0.3, 0.4) is 0 Å². The van der Waals surface area contributed by atoms with Gasteiger partial charge in [-0.3, -0.25) is 14.5 Å². The second-order valence-corrected chi connectivity index (χ2v) is 5.43. The van der Waals surface area contributed by atoms with Crippen molar-refractivity contribution < 1.29 is 14.3 Å². The summed E-state index contributed by atoms with van der Waals surface area (Å²) < 4.78 is 5.29. The van der Waals surface area contributed by atoms with E-state index >= 15 is 0 Å². The van der Waals surface area contributed by atoms with Crippen LogP contribution < -0.4 is 5.32 Å². The topological polar surface area (TPSA) is 61.9 Å². The first-order valence-electron chi connectivity index (χ1n) is 7.34. The van der Waals surface area contributed by atoms with Crippen LogP contribution in [0.15, 0.2) is 0 Å². The van der Waals surface area contributed by atoms with E-state index in [0.717, 1.165) is 32.8 Å². The van der Waals surface area contributed by atoms with Crippen molar-refractivity contribution in [2.75, 3.05) is 45.9 Å². The molecule has 0 aromatic heterocycles. The van der Waals surface area contributed by atoms with Crippen molar-refractivity contribution in [3.05, 3.63) is 0 Å². The summed E-state index contributed by atoms with van der Waals surface area (Å²) in [5.74, 6) is 0.0215. The minimum atomic E-state index is -0.00220. The third-order valence-corrected chi connectivity index (χ3v) is 3.29. The highest BCUT2D eigenvalue weighted by atomic mass is 16.5. The molecule has 0 aromatic carbocycles. The van der Waals surface area contributed by atoms with Crippen LogP contribution in [0, 0.1) is 0 Å². The summed E-state index contributed by atoms with van der Waals surface area (Å²) in [5.41, 5.74) is 0. The van der Waals surface area contributed by atoms with Crippen molar-refractivity contribution >= 4 is 11.8 Å². The number of nitrogens with one attached hydrogen (secondary N) is 1. The summed E-state index contributed by atoms with van der Waals surface area (Å²) in [6.45, 7) is 10.8. The normalized spacial score (nSPS) is 16.2. The highest BCUT2D eigenvalue weighted by Gasteiger charge is 2.15. The van der Waals surface area contributed by atoms with E-state index in [2.05, 4.69) is 10.2 Å². The number of ether oxygens (including phenoxy) is 1. The van der Waals surface area contributed by atoms with E-state index < -0.39 is 0 Å². The number of carbonyl (C=O) groups is 2. The molecule has 1 fully saturated rings. The molecule has 6 nitrogen and oxygen atoms in total. The molecular weight excluding hydrogens is 258 g/mol. The first kappa shape index (κ1) is 16.9. The molecule has 0 unspecified atom stereocenters. The molecule has 1 heterocycles. The molecule has 1 N–H and O–H groups in total. The fourth-order valence-corrected chi connectivity index (χ4v) is 2.14. The summed E-state index contributed by atoms with van der Waals surface area (Å²) in [4.78, 5) is 27.2. The van der Waals surface area contributed by atoms with Crippen molar-refractivity contribution in [3.8, 4) is 0 Å². The highest BCUT2D eigenvalue weighted by molar-refractivity contribution is 5.78. The second-order valence-electron chi connectivity index (χ2n) is 5.43. The average Bonchev–Trinajstić information content (AvgIpc) is 2.38. The monoisotopic (exact) mass is 285 g/mol. The maximum absolute atomic E-state index is 11.6. The number of hydrogen-bond acceptors (Lipinski definition) is 4. The van der Waals surface area contributed by atoms with Gasteiger partial charge in [-0.1, -0.05) is 0 Å². The smallest absolute Gasteiger partial charge is 0.221 e. The van der Waals surface area contributed by atoms with Crippen LogP contribution in [0.1, 0.15) is 27.2 Å². The van der Waals surface area contributed by atoms with Gasteiger partial charge in [-0.2, -0.15) is 0 Å². The molecule has 0 saturated carbocycles. The maximum Gasteiger partial charge on any atom is 0.221 e. The molecule has 0 bridgehead atoms. The van der Waals surface area contributed by atoms with Crippen molar-refractivity contribution in [1.82, 2.24) is 15.1 Å². The Bertz CT molecular complexity index is 315. The second kappa shape index (κ2) is 8.92. The molecular formula is C14H27N3O3. The van der Waals surface area contributed by atoms with Gasteiger partial charge in [0.1, 0.15) is 0 Å². The number of amides is 2. The van der Waals surface area contributed by atoms with Crippen molar-refractivity contribution in [3.63, 3.8) is 0 Å². The minimum Gasteiger partial charge on any atom is -0.379 e. The SMILES string of the molecule is CC(=O)N(CCC(=O)NC(C)C)CCN1CCOCC1. The van der Waals surface area contributed by atoms with Crippen LogP contribution in [0.25, 0.3) is 0 Å². The zero-order chi connectivity index (χ0) is 15.0. The Labute approximate surface area is 121 Å². The van der Waals surface area contributed by atoms with E-state index in [1.54, 1.807) is 11.8 Å². The van der Waals surface area contributed by atoms with Gasteiger partial charge in [0.05, 0.1) is 13.2 Å². The number of carbonyl (C=O) groups excluding carboxylic acids is 2. The van der Waals surface area contributed by atoms with Gasteiger partial charge in [0, 0.05) is 52.1 Å². The lowest BCUT2D eigenvalue weighted by Crippen LogP contribution is -2.43. The van der Waals surface area contributed by atoms with Crippen molar-refractivity contribution in [2.24, 2.45) is 0 Å².